The van der Waals surface area contributed by atoms with Crippen LogP contribution in [-0.2, 0) is 29.0 Å². The summed E-state index contributed by atoms with van der Waals surface area (Å²) in [4.78, 5) is 4.64. The van der Waals surface area contributed by atoms with Gasteiger partial charge in [-0.05, 0) is 45.1 Å². The van der Waals surface area contributed by atoms with Gasteiger partial charge in [0.2, 0.25) is 0 Å². The average Bonchev–Trinajstić information content (AvgIpc) is 3.19. The molecule has 0 atom stereocenters. The number of nitrogens with zero attached hydrogens (tertiary/aromatic N) is 2. The summed E-state index contributed by atoms with van der Waals surface area (Å²) >= 11 is 0. The van der Waals surface area contributed by atoms with Gasteiger partial charge in [-0.15, -0.1) is 0 Å². The number of aliphatic hydroxyl groups is 1. The second-order valence-electron chi connectivity index (χ2n) is 6.94. The number of aliphatic hydroxyl groups excluding tert-OH is 1. The maximum atomic E-state index is 9.70. The second kappa shape index (κ2) is 7.81. The summed E-state index contributed by atoms with van der Waals surface area (Å²) in [6.07, 6.45) is 7.55. The summed E-state index contributed by atoms with van der Waals surface area (Å²) in [6, 6.07) is 0. The van der Waals surface area contributed by atoms with Crippen LogP contribution >= 0.6 is 0 Å². The maximum Gasteiger partial charge on any atom is 0.109 e. The number of ether oxygens (including phenoxy) is 2. The third kappa shape index (κ3) is 3.44. The van der Waals surface area contributed by atoms with E-state index in [4.69, 9.17) is 9.47 Å². The molecule has 0 unspecified atom stereocenters. The van der Waals surface area contributed by atoms with Crippen LogP contribution < -0.4 is 0 Å². The molecule has 1 aliphatic heterocycles. The number of fused-ring (bicyclic) bond motifs is 1. The summed E-state index contributed by atoms with van der Waals surface area (Å²) in [5, 5.41) is 9.70. The van der Waals surface area contributed by atoms with E-state index in [0.29, 0.717) is 0 Å². The molecule has 2 aliphatic rings. The standard InChI is InChI=1S/C19H30N2O3/c1-3-23-13-19(14-24-4-2)9-7-15(8-10-19)18-16(12-22)20-17-6-5-11-21(17)18/h7,22H,3-6,8-14H2,1-2H3. The number of hydrogen-bond acceptors (Lipinski definition) is 4. The Labute approximate surface area is 144 Å². The van der Waals surface area contributed by atoms with Crippen LogP contribution in [0.25, 0.3) is 5.57 Å². The number of rotatable bonds is 8. The van der Waals surface area contributed by atoms with E-state index in [0.717, 1.165) is 76.6 Å². The van der Waals surface area contributed by atoms with E-state index in [1.165, 1.54) is 11.3 Å². The monoisotopic (exact) mass is 334 g/mol. The lowest BCUT2D eigenvalue weighted by Gasteiger charge is -2.36. The normalized spacial score (nSPS) is 19.4. The second-order valence-corrected chi connectivity index (χ2v) is 6.94. The quantitative estimate of drug-likeness (QED) is 0.794. The van der Waals surface area contributed by atoms with Gasteiger partial charge in [0.25, 0.3) is 0 Å². The molecule has 2 heterocycles. The lowest BCUT2D eigenvalue weighted by molar-refractivity contribution is -0.0210. The molecule has 0 fully saturated rings. The first kappa shape index (κ1) is 17.6. The molecule has 0 saturated heterocycles. The van der Waals surface area contributed by atoms with Crippen LogP contribution in [0.1, 0.15) is 56.7 Å². The number of aromatic nitrogens is 2. The molecule has 134 valence electrons. The van der Waals surface area contributed by atoms with Gasteiger partial charge in [0.15, 0.2) is 0 Å². The maximum absolute atomic E-state index is 9.70. The van der Waals surface area contributed by atoms with E-state index in [1.807, 2.05) is 13.8 Å². The third-order valence-electron chi connectivity index (χ3n) is 5.29. The Hall–Kier alpha value is -1.17. The van der Waals surface area contributed by atoms with E-state index >= 15 is 0 Å². The molecule has 0 saturated carbocycles. The molecule has 24 heavy (non-hydrogen) atoms. The minimum atomic E-state index is 0.0235. The highest BCUT2D eigenvalue weighted by atomic mass is 16.5. The van der Waals surface area contributed by atoms with Crippen molar-refractivity contribution in [3.05, 3.63) is 23.3 Å². The van der Waals surface area contributed by atoms with Gasteiger partial charge in [-0.2, -0.15) is 0 Å². The number of allylic oxidation sites excluding steroid dienone is 2. The van der Waals surface area contributed by atoms with Gasteiger partial charge < -0.3 is 19.1 Å². The van der Waals surface area contributed by atoms with Crippen LogP contribution in [0.15, 0.2) is 6.08 Å². The van der Waals surface area contributed by atoms with E-state index in [2.05, 4.69) is 15.6 Å². The minimum absolute atomic E-state index is 0.0235. The van der Waals surface area contributed by atoms with Crippen molar-refractivity contribution in [3.63, 3.8) is 0 Å². The van der Waals surface area contributed by atoms with Crippen LogP contribution in [0.4, 0.5) is 0 Å². The van der Waals surface area contributed by atoms with Crippen molar-refractivity contribution in [1.29, 1.82) is 0 Å². The molecular formula is C19H30N2O3. The van der Waals surface area contributed by atoms with Crippen LogP contribution in [0.5, 0.6) is 0 Å². The molecule has 1 aromatic rings. The van der Waals surface area contributed by atoms with Gasteiger partial charge in [-0.1, -0.05) is 6.08 Å². The van der Waals surface area contributed by atoms with Crippen molar-refractivity contribution in [1.82, 2.24) is 9.55 Å². The highest BCUT2D eigenvalue weighted by Gasteiger charge is 2.34. The van der Waals surface area contributed by atoms with Crippen molar-refractivity contribution < 1.29 is 14.6 Å². The Kier molecular flexibility index (Phi) is 5.74. The fourth-order valence-electron chi connectivity index (χ4n) is 3.95. The van der Waals surface area contributed by atoms with E-state index < -0.39 is 0 Å². The molecule has 1 N–H and O–H groups in total. The predicted molar refractivity (Wildman–Crippen MR) is 93.7 cm³/mol. The lowest BCUT2D eigenvalue weighted by Crippen LogP contribution is -2.34. The van der Waals surface area contributed by atoms with Gasteiger partial charge in [0.05, 0.1) is 31.2 Å². The number of hydrogen-bond donors (Lipinski definition) is 1. The van der Waals surface area contributed by atoms with Crippen molar-refractivity contribution in [3.8, 4) is 0 Å². The third-order valence-corrected chi connectivity index (χ3v) is 5.29. The molecule has 0 amide bonds. The van der Waals surface area contributed by atoms with Crippen molar-refractivity contribution in [2.75, 3.05) is 26.4 Å². The number of aryl methyl sites for hydroxylation is 1. The number of imidazole rings is 1. The summed E-state index contributed by atoms with van der Waals surface area (Å²) in [6.45, 7) is 8.14. The van der Waals surface area contributed by atoms with Crippen LogP contribution in [0, 0.1) is 5.41 Å². The summed E-state index contributed by atoms with van der Waals surface area (Å²) in [5.41, 5.74) is 3.44. The fourth-order valence-corrected chi connectivity index (χ4v) is 3.95. The molecule has 0 radical (unpaired) electrons. The fraction of sp³-hybridized carbons (Fsp3) is 0.737. The first-order valence-electron chi connectivity index (χ1n) is 9.27. The SMILES string of the molecule is CCOCC1(COCC)CC=C(c2c(CO)nc3n2CCC3)CC1. The minimum Gasteiger partial charge on any atom is -0.390 e. The average molecular weight is 334 g/mol. The summed E-state index contributed by atoms with van der Waals surface area (Å²) in [7, 11) is 0. The zero-order valence-corrected chi connectivity index (χ0v) is 15.0. The van der Waals surface area contributed by atoms with Crippen LogP contribution in [0.2, 0.25) is 0 Å². The Morgan fingerprint density at radius 1 is 1.21 bits per heavy atom. The van der Waals surface area contributed by atoms with Crippen LogP contribution in [0.3, 0.4) is 0 Å². The van der Waals surface area contributed by atoms with Gasteiger partial charge in [-0.3, -0.25) is 0 Å². The van der Waals surface area contributed by atoms with E-state index in [1.54, 1.807) is 0 Å². The molecule has 3 rings (SSSR count). The van der Waals surface area contributed by atoms with Gasteiger partial charge in [0.1, 0.15) is 5.82 Å². The van der Waals surface area contributed by atoms with E-state index in [9.17, 15) is 5.11 Å². The van der Waals surface area contributed by atoms with Crippen molar-refractivity contribution >= 4 is 5.57 Å². The molecule has 5 heteroatoms. The molecule has 0 bridgehead atoms. The Morgan fingerprint density at radius 2 is 1.96 bits per heavy atom. The van der Waals surface area contributed by atoms with Crippen molar-refractivity contribution in [2.45, 2.75) is 59.1 Å². The van der Waals surface area contributed by atoms with Gasteiger partial charge >= 0.3 is 0 Å². The Bertz CT molecular complexity index is 584. The first-order valence-corrected chi connectivity index (χ1v) is 9.27. The summed E-state index contributed by atoms with van der Waals surface area (Å²) < 4.78 is 13.8. The first-order chi connectivity index (χ1) is 11.7. The smallest absolute Gasteiger partial charge is 0.109 e. The highest BCUT2D eigenvalue weighted by Crippen LogP contribution is 2.41. The topological polar surface area (TPSA) is 56.5 Å². The zero-order chi connectivity index (χ0) is 17.0. The van der Waals surface area contributed by atoms with Crippen LogP contribution in [-0.4, -0.2) is 41.1 Å². The molecule has 1 aliphatic carbocycles. The molecule has 0 aromatic carbocycles. The lowest BCUT2D eigenvalue weighted by atomic mass is 9.75. The van der Waals surface area contributed by atoms with Gasteiger partial charge in [-0.25, -0.2) is 4.98 Å². The highest BCUT2D eigenvalue weighted by molar-refractivity contribution is 5.66. The van der Waals surface area contributed by atoms with Gasteiger partial charge in [0, 0.05) is 31.6 Å². The molecule has 5 nitrogen and oxygen atoms in total. The predicted octanol–water partition coefficient (Wildman–Crippen LogP) is 2.95. The largest absolute Gasteiger partial charge is 0.390 e. The summed E-state index contributed by atoms with van der Waals surface area (Å²) in [5.74, 6) is 1.13. The molecular weight excluding hydrogens is 304 g/mol. The molecule has 0 spiro atoms. The van der Waals surface area contributed by atoms with E-state index in [-0.39, 0.29) is 12.0 Å². The zero-order valence-electron chi connectivity index (χ0n) is 15.0. The van der Waals surface area contributed by atoms with Crippen molar-refractivity contribution in [2.24, 2.45) is 5.41 Å². The Balaban J connectivity index is 1.81. The Morgan fingerprint density at radius 3 is 2.54 bits per heavy atom. The molecule has 1 aromatic heterocycles.